The zero-order valence-corrected chi connectivity index (χ0v) is 10.6. The van der Waals surface area contributed by atoms with Crippen LogP contribution in [0.15, 0.2) is 24.3 Å². The molecule has 1 aromatic rings. The lowest BCUT2D eigenvalue weighted by molar-refractivity contribution is -0.121. The van der Waals surface area contributed by atoms with Gasteiger partial charge in [-0.2, -0.15) is 11.8 Å². The van der Waals surface area contributed by atoms with E-state index in [1.54, 1.807) is 30.8 Å². The van der Waals surface area contributed by atoms with Crippen LogP contribution in [0.25, 0.3) is 0 Å². The molecule has 0 aromatic heterocycles. The van der Waals surface area contributed by atoms with Crippen LogP contribution >= 0.6 is 11.8 Å². The van der Waals surface area contributed by atoms with Crippen molar-refractivity contribution in [2.24, 2.45) is 5.73 Å². The standard InChI is InChI=1S/C12H17FN2OS/c1-9(14)12(16)15-6-7-17-8-10-4-2-3-5-11(10)13/h2-5,9H,6-8,14H2,1H3,(H,15,16)/t9-/m1/s1. The molecule has 0 radical (unpaired) electrons. The largest absolute Gasteiger partial charge is 0.354 e. The summed E-state index contributed by atoms with van der Waals surface area (Å²) in [5, 5.41) is 2.70. The summed E-state index contributed by atoms with van der Waals surface area (Å²) < 4.78 is 13.2. The van der Waals surface area contributed by atoms with Gasteiger partial charge in [0, 0.05) is 18.1 Å². The van der Waals surface area contributed by atoms with Crippen LogP contribution in [0.5, 0.6) is 0 Å². The van der Waals surface area contributed by atoms with Crippen LogP contribution in [-0.4, -0.2) is 24.2 Å². The van der Waals surface area contributed by atoms with Crippen LogP contribution in [0.4, 0.5) is 4.39 Å². The fraction of sp³-hybridized carbons (Fsp3) is 0.417. The second-order valence-corrected chi connectivity index (χ2v) is 4.83. The third-order valence-corrected chi connectivity index (χ3v) is 3.18. The van der Waals surface area contributed by atoms with Crippen molar-refractivity contribution in [3.8, 4) is 0 Å². The number of benzene rings is 1. The minimum Gasteiger partial charge on any atom is -0.354 e. The summed E-state index contributed by atoms with van der Waals surface area (Å²) in [5.41, 5.74) is 6.08. The third-order valence-electron chi connectivity index (χ3n) is 2.17. The molecule has 94 valence electrons. The Balaban J connectivity index is 2.17. The molecule has 1 atom stereocenters. The maximum atomic E-state index is 13.2. The fourth-order valence-electron chi connectivity index (χ4n) is 1.20. The monoisotopic (exact) mass is 256 g/mol. The molecular weight excluding hydrogens is 239 g/mol. The molecule has 5 heteroatoms. The van der Waals surface area contributed by atoms with Crippen LogP contribution < -0.4 is 11.1 Å². The van der Waals surface area contributed by atoms with Gasteiger partial charge >= 0.3 is 0 Å². The first-order chi connectivity index (χ1) is 8.11. The zero-order valence-electron chi connectivity index (χ0n) is 9.78. The summed E-state index contributed by atoms with van der Waals surface area (Å²) in [7, 11) is 0. The molecule has 0 unspecified atom stereocenters. The van der Waals surface area contributed by atoms with E-state index in [1.165, 1.54) is 6.07 Å². The summed E-state index contributed by atoms with van der Waals surface area (Å²) in [6, 6.07) is 6.23. The molecular formula is C12H17FN2OS. The van der Waals surface area contributed by atoms with Gasteiger partial charge in [0.25, 0.3) is 0 Å². The average Bonchev–Trinajstić information content (AvgIpc) is 2.30. The van der Waals surface area contributed by atoms with Crippen molar-refractivity contribution in [3.63, 3.8) is 0 Å². The summed E-state index contributed by atoms with van der Waals surface area (Å²) in [6.45, 7) is 2.20. The number of carbonyl (C=O) groups is 1. The molecule has 0 aliphatic carbocycles. The van der Waals surface area contributed by atoms with E-state index in [4.69, 9.17) is 5.73 Å². The van der Waals surface area contributed by atoms with Gasteiger partial charge in [0.1, 0.15) is 5.82 Å². The highest BCUT2D eigenvalue weighted by Crippen LogP contribution is 2.14. The Kier molecular flexibility index (Phi) is 6.00. The van der Waals surface area contributed by atoms with Gasteiger partial charge < -0.3 is 11.1 Å². The van der Waals surface area contributed by atoms with Crippen molar-refractivity contribution in [2.45, 2.75) is 18.7 Å². The van der Waals surface area contributed by atoms with E-state index in [2.05, 4.69) is 5.32 Å². The van der Waals surface area contributed by atoms with Crippen molar-refractivity contribution in [3.05, 3.63) is 35.6 Å². The number of rotatable bonds is 6. The van der Waals surface area contributed by atoms with Crippen molar-refractivity contribution >= 4 is 17.7 Å². The molecule has 1 amide bonds. The Morgan fingerprint density at radius 2 is 2.24 bits per heavy atom. The number of halogens is 1. The van der Waals surface area contributed by atoms with Gasteiger partial charge in [-0.05, 0) is 18.6 Å². The highest BCUT2D eigenvalue weighted by atomic mass is 32.2. The number of hydrogen-bond donors (Lipinski definition) is 2. The van der Waals surface area contributed by atoms with E-state index in [1.807, 2.05) is 6.07 Å². The van der Waals surface area contributed by atoms with Gasteiger partial charge in [-0.15, -0.1) is 0 Å². The van der Waals surface area contributed by atoms with Crippen LogP contribution in [0, 0.1) is 5.82 Å². The van der Waals surface area contributed by atoms with E-state index >= 15 is 0 Å². The van der Waals surface area contributed by atoms with Gasteiger partial charge in [-0.25, -0.2) is 4.39 Å². The SMILES string of the molecule is C[C@@H](N)C(=O)NCCSCc1ccccc1F. The molecule has 3 N–H and O–H groups in total. The van der Waals surface area contributed by atoms with E-state index in [-0.39, 0.29) is 11.7 Å². The minimum absolute atomic E-state index is 0.156. The quantitative estimate of drug-likeness (QED) is 0.759. The Morgan fingerprint density at radius 3 is 2.88 bits per heavy atom. The Bertz CT molecular complexity index is 371. The molecule has 0 saturated heterocycles. The van der Waals surface area contributed by atoms with Crippen LogP contribution in [0.3, 0.4) is 0 Å². The van der Waals surface area contributed by atoms with E-state index in [0.717, 1.165) is 5.75 Å². The van der Waals surface area contributed by atoms with Crippen LogP contribution in [0.1, 0.15) is 12.5 Å². The zero-order chi connectivity index (χ0) is 12.7. The lowest BCUT2D eigenvalue weighted by Gasteiger charge is -2.07. The third kappa shape index (κ3) is 5.19. The summed E-state index contributed by atoms with van der Waals surface area (Å²) in [4.78, 5) is 11.1. The highest BCUT2D eigenvalue weighted by Gasteiger charge is 2.05. The number of nitrogens with one attached hydrogen (secondary N) is 1. The van der Waals surface area contributed by atoms with E-state index < -0.39 is 6.04 Å². The Hall–Kier alpha value is -1.07. The predicted molar refractivity (Wildman–Crippen MR) is 69.2 cm³/mol. The summed E-state index contributed by atoms with van der Waals surface area (Å²) in [5.74, 6) is 1.02. The first-order valence-electron chi connectivity index (χ1n) is 5.45. The molecule has 3 nitrogen and oxygen atoms in total. The van der Waals surface area contributed by atoms with E-state index in [0.29, 0.717) is 17.9 Å². The maximum absolute atomic E-state index is 13.2. The second kappa shape index (κ2) is 7.29. The fourth-order valence-corrected chi connectivity index (χ4v) is 2.05. The minimum atomic E-state index is -0.480. The molecule has 17 heavy (non-hydrogen) atoms. The van der Waals surface area contributed by atoms with Gasteiger partial charge in [0.15, 0.2) is 0 Å². The highest BCUT2D eigenvalue weighted by molar-refractivity contribution is 7.98. The maximum Gasteiger partial charge on any atom is 0.236 e. The number of nitrogens with two attached hydrogens (primary N) is 1. The topological polar surface area (TPSA) is 55.1 Å². The van der Waals surface area contributed by atoms with Gasteiger partial charge in [-0.3, -0.25) is 4.79 Å². The molecule has 0 aliphatic rings. The lowest BCUT2D eigenvalue weighted by atomic mass is 10.2. The van der Waals surface area contributed by atoms with E-state index in [9.17, 15) is 9.18 Å². The molecule has 0 saturated carbocycles. The molecule has 0 fully saturated rings. The number of amides is 1. The number of thioether (sulfide) groups is 1. The van der Waals surface area contributed by atoms with Crippen molar-refractivity contribution in [1.29, 1.82) is 0 Å². The molecule has 0 aliphatic heterocycles. The van der Waals surface area contributed by atoms with Gasteiger partial charge in [0.2, 0.25) is 5.91 Å². The molecule has 0 heterocycles. The summed E-state index contributed by atoms with van der Waals surface area (Å²) >= 11 is 1.58. The number of hydrogen-bond acceptors (Lipinski definition) is 3. The lowest BCUT2D eigenvalue weighted by Crippen LogP contribution is -2.39. The first-order valence-corrected chi connectivity index (χ1v) is 6.61. The van der Waals surface area contributed by atoms with Gasteiger partial charge in [0.05, 0.1) is 6.04 Å². The molecule has 0 spiro atoms. The molecule has 1 rings (SSSR count). The van der Waals surface area contributed by atoms with Crippen molar-refractivity contribution in [2.75, 3.05) is 12.3 Å². The first kappa shape index (κ1) is 14.0. The summed E-state index contributed by atoms with van der Waals surface area (Å²) in [6.07, 6.45) is 0. The second-order valence-electron chi connectivity index (χ2n) is 3.72. The molecule has 1 aromatic carbocycles. The smallest absolute Gasteiger partial charge is 0.236 e. The Labute approximate surface area is 105 Å². The predicted octanol–water partition coefficient (Wildman–Crippen LogP) is 1.52. The van der Waals surface area contributed by atoms with Crippen molar-refractivity contribution in [1.82, 2.24) is 5.32 Å². The molecule has 0 bridgehead atoms. The van der Waals surface area contributed by atoms with Crippen LogP contribution in [0.2, 0.25) is 0 Å². The number of carbonyl (C=O) groups excluding carboxylic acids is 1. The van der Waals surface area contributed by atoms with Crippen molar-refractivity contribution < 1.29 is 9.18 Å². The van der Waals surface area contributed by atoms with Crippen LogP contribution in [-0.2, 0) is 10.5 Å². The normalized spacial score (nSPS) is 12.2. The Morgan fingerprint density at radius 1 is 1.53 bits per heavy atom. The average molecular weight is 256 g/mol. The van der Waals surface area contributed by atoms with Gasteiger partial charge in [-0.1, -0.05) is 18.2 Å².